The number of benzene rings is 1. The van der Waals surface area contributed by atoms with E-state index in [4.69, 9.17) is 4.74 Å². The number of halogens is 1. The standard InChI is InChI=1S/C14H20FNO/c1-2-16-14-7-8-17-10-12(14)9-11-3-5-13(15)6-4-11/h3-6,12,14,16H,2,7-10H2,1H3/t12-,14-/m0/s1. The molecule has 0 aliphatic carbocycles. The lowest BCUT2D eigenvalue weighted by atomic mass is 9.89. The summed E-state index contributed by atoms with van der Waals surface area (Å²) in [5.74, 6) is 0.325. The van der Waals surface area contributed by atoms with E-state index in [0.717, 1.165) is 32.6 Å². The lowest BCUT2D eigenvalue weighted by Gasteiger charge is -2.32. The highest BCUT2D eigenvalue weighted by molar-refractivity contribution is 5.17. The van der Waals surface area contributed by atoms with Crippen LogP contribution in [0.15, 0.2) is 24.3 Å². The van der Waals surface area contributed by atoms with Crippen LogP contribution in [-0.2, 0) is 11.2 Å². The summed E-state index contributed by atoms with van der Waals surface area (Å²) in [6, 6.07) is 7.32. The second-order valence-electron chi connectivity index (χ2n) is 4.62. The van der Waals surface area contributed by atoms with Crippen molar-refractivity contribution in [3.05, 3.63) is 35.6 Å². The van der Waals surface area contributed by atoms with Crippen molar-refractivity contribution in [1.82, 2.24) is 5.32 Å². The van der Waals surface area contributed by atoms with E-state index in [0.29, 0.717) is 12.0 Å². The van der Waals surface area contributed by atoms with Gasteiger partial charge in [-0.1, -0.05) is 19.1 Å². The van der Waals surface area contributed by atoms with Gasteiger partial charge in [0.1, 0.15) is 5.82 Å². The van der Waals surface area contributed by atoms with Crippen molar-refractivity contribution in [3.8, 4) is 0 Å². The van der Waals surface area contributed by atoms with Gasteiger partial charge in [-0.3, -0.25) is 0 Å². The predicted molar refractivity (Wildman–Crippen MR) is 66.5 cm³/mol. The van der Waals surface area contributed by atoms with Gasteiger partial charge in [-0.25, -0.2) is 4.39 Å². The van der Waals surface area contributed by atoms with Crippen LogP contribution in [0.1, 0.15) is 18.9 Å². The fourth-order valence-corrected chi connectivity index (χ4v) is 2.45. The molecular weight excluding hydrogens is 217 g/mol. The van der Waals surface area contributed by atoms with Gasteiger partial charge in [0.2, 0.25) is 0 Å². The molecule has 94 valence electrons. The van der Waals surface area contributed by atoms with Crippen molar-refractivity contribution in [2.24, 2.45) is 5.92 Å². The summed E-state index contributed by atoms with van der Waals surface area (Å²) in [5, 5.41) is 3.51. The van der Waals surface area contributed by atoms with Crippen LogP contribution in [0.25, 0.3) is 0 Å². The van der Waals surface area contributed by atoms with Crippen LogP contribution in [0.2, 0.25) is 0 Å². The van der Waals surface area contributed by atoms with Crippen LogP contribution in [-0.4, -0.2) is 25.8 Å². The van der Waals surface area contributed by atoms with E-state index >= 15 is 0 Å². The van der Waals surface area contributed by atoms with Gasteiger partial charge in [0.25, 0.3) is 0 Å². The second kappa shape index (κ2) is 6.12. The lowest BCUT2D eigenvalue weighted by molar-refractivity contribution is 0.0327. The van der Waals surface area contributed by atoms with E-state index < -0.39 is 0 Å². The summed E-state index contributed by atoms with van der Waals surface area (Å²) in [6.45, 7) is 4.77. The quantitative estimate of drug-likeness (QED) is 0.868. The fraction of sp³-hybridized carbons (Fsp3) is 0.571. The highest BCUT2D eigenvalue weighted by atomic mass is 19.1. The number of hydrogen-bond donors (Lipinski definition) is 1. The van der Waals surface area contributed by atoms with Gasteiger partial charge >= 0.3 is 0 Å². The van der Waals surface area contributed by atoms with Crippen LogP contribution in [0.5, 0.6) is 0 Å². The molecule has 0 amide bonds. The van der Waals surface area contributed by atoms with E-state index in [9.17, 15) is 4.39 Å². The Balaban J connectivity index is 1.97. The van der Waals surface area contributed by atoms with Crippen molar-refractivity contribution in [1.29, 1.82) is 0 Å². The molecular formula is C14H20FNO. The second-order valence-corrected chi connectivity index (χ2v) is 4.62. The Labute approximate surface area is 102 Å². The Morgan fingerprint density at radius 1 is 1.35 bits per heavy atom. The van der Waals surface area contributed by atoms with Gasteiger partial charge in [0.15, 0.2) is 0 Å². The number of rotatable bonds is 4. The molecule has 1 N–H and O–H groups in total. The van der Waals surface area contributed by atoms with Gasteiger partial charge in [-0.15, -0.1) is 0 Å². The molecule has 0 bridgehead atoms. The molecule has 0 radical (unpaired) electrons. The van der Waals surface area contributed by atoms with Crippen LogP contribution in [0.3, 0.4) is 0 Å². The Morgan fingerprint density at radius 2 is 2.12 bits per heavy atom. The van der Waals surface area contributed by atoms with Crippen molar-refractivity contribution in [2.75, 3.05) is 19.8 Å². The summed E-state index contributed by atoms with van der Waals surface area (Å²) in [4.78, 5) is 0. The summed E-state index contributed by atoms with van der Waals surface area (Å²) in [6.07, 6.45) is 2.03. The van der Waals surface area contributed by atoms with E-state index in [-0.39, 0.29) is 5.82 Å². The van der Waals surface area contributed by atoms with E-state index in [1.54, 1.807) is 0 Å². The summed E-state index contributed by atoms with van der Waals surface area (Å²) in [7, 11) is 0. The third-order valence-corrected chi connectivity index (χ3v) is 3.35. The Bertz CT molecular complexity index is 337. The zero-order chi connectivity index (χ0) is 12.1. The Hall–Kier alpha value is -0.930. The maximum atomic E-state index is 12.8. The van der Waals surface area contributed by atoms with Crippen LogP contribution in [0.4, 0.5) is 4.39 Å². The molecule has 2 atom stereocenters. The SMILES string of the molecule is CCN[C@H]1CCOC[C@@H]1Cc1ccc(F)cc1. The third-order valence-electron chi connectivity index (χ3n) is 3.35. The van der Waals surface area contributed by atoms with Gasteiger partial charge in [0.05, 0.1) is 6.61 Å². The van der Waals surface area contributed by atoms with Gasteiger partial charge < -0.3 is 10.1 Å². The van der Waals surface area contributed by atoms with Crippen molar-refractivity contribution < 1.29 is 9.13 Å². The molecule has 0 saturated carbocycles. The van der Waals surface area contributed by atoms with Crippen molar-refractivity contribution in [2.45, 2.75) is 25.8 Å². The topological polar surface area (TPSA) is 21.3 Å². The van der Waals surface area contributed by atoms with E-state index in [2.05, 4.69) is 12.2 Å². The normalized spacial score (nSPS) is 24.8. The fourth-order valence-electron chi connectivity index (χ4n) is 2.45. The minimum absolute atomic E-state index is 0.170. The molecule has 2 nitrogen and oxygen atoms in total. The predicted octanol–water partition coefficient (Wildman–Crippen LogP) is 2.38. The molecule has 1 heterocycles. The van der Waals surface area contributed by atoms with Crippen molar-refractivity contribution >= 4 is 0 Å². The van der Waals surface area contributed by atoms with Gasteiger partial charge in [0, 0.05) is 18.6 Å². The maximum absolute atomic E-state index is 12.8. The molecule has 0 spiro atoms. The first-order valence-electron chi connectivity index (χ1n) is 6.35. The first-order valence-corrected chi connectivity index (χ1v) is 6.35. The molecule has 3 heteroatoms. The first kappa shape index (κ1) is 12.5. The maximum Gasteiger partial charge on any atom is 0.123 e. The first-order chi connectivity index (χ1) is 8.29. The number of hydrogen-bond acceptors (Lipinski definition) is 2. The highest BCUT2D eigenvalue weighted by Crippen LogP contribution is 2.20. The molecule has 1 aromatic rings. The molecule has 17 heavy (non-hydrogen) atoms. The average molecular weight is 237 g/mol. The molecule has 1 aliphatic rings. The molecule has 1 saturated heterocycles. The van der Waals surface area contributed by atoms with Gasteiger partial charge in [-0.05, 0) is 37.1 Å². The molecule has 1 aliphatic heterocycles. The summed E-state index contributed by atoms with van der Waals surface area (Å²) in [5.41, 5.74) is 1.19. The van der Waals surface area contributed by atoms with Crippen LogP contribution < -0.4 is 5.32 Å². The Kier molecular flexibility index (Phi) is 4.51. The minimum atomic E-state index is -0.170. The number of nitrogens with one attached hydrogen (secondary N) is 1. The largest absolute Gasteiger partial charge is 0.381 e. The molecule has 1 aromatic carbocycles. The minimum Gasteiger partial charge on any atom is -0.381 e. The molecule has 0 unspecified atom stereocenters. The Morgan fingerprint density at radius 3 is 2.82 bits per heavy atom. The lowest BCUT2D eigenvalue weighted by Crippen LogP contribution is -2.43. The molecule has 0 aromatic heterocycles. The number of ether oxygens (including phenoxy) is 1. The van der Waals surface area contributed by atoms with E-state index in [1.165, 1.54) is 17.7 Å². The van der Waals surface area contributed by atoms with Crippen LogP contribution >= 0.6 is 0 Å². The average Bonchev–Trinajstić information content (AvgIpc) is 2.35. The molecule has 1 fully saturated rings. The highest BCUT2D eigenvalue weighted by Gasteiger charge is 2.24. The van der Waals surface area contributed by atoms with Crippen LogP contribution in [0, 0.1) is 11.7 Å². The zero-order valence-corrected chi connectivity index (χ0v) is 10.3. The monoisotopic (exact) mass is 237 g/mol. The third kappa shape index (κ3) is 3.51. The van der Waals surface area contributed by atoms with Gasteiger partial charge in [-0.2, -0.15) is 0 Å². The van der Waals surface area contributed by atoms with Crippen molar-refractivity contribution in [3.63, 3.8) is 0 Å². The molecule has 2 rings (SSSR count). The summed E-state index contributed by atoms with van der Waals surface area (Å²) >= 11 is 0. The van der Waals surface area contributed by atoms with E-state index in [1.807, 2.05) is 12.1 Å². The smallest absolute Gasteiger partial charge is 0.123 e. The summed E-state index contributed by atoms with van der Waals surface area (Å²) < 4.78 is 18.4. The zero-order valence-electron chi connectivity index (χ0n) is 10.3.